The third-order valence-corrected chi connectivity index (χ3v) is 4.39. The molecular formula is C14H28N2O. The highest BCUT2D eigenvalue weighted by Gasteiger charge is 2.33. The van der Waals surface area contributed by atoms with Crippen molar-refractivity contribution in [2.75, 3.05) is 19.6 Å². The fraction of sp³-hybridized carbons (Fsp3) is 1.00. The zero-order valence-electron chi connectivity index (χ0n) is 11.6. The van der Waals surface area contributed by atoms with Crippen LogP contribution in [0.4, 0.5) is 0 Å². The van der Waals surface area contributed by atoms with Crippen LogP contribution in [0.15, 0.2) is 0 Å². The van der Waals surface area contributed by atoms with Crippen LogP contribution in [0, 0.1) is 5.92 Å². The molecule has 100 valence electrons. The lowest BCUT2D eigenvalue weighted by molar-refractivity contribution is -0.0322. The van der Waals surface area contributed by atoms with Gasteiger partial charge in [0.15, 0.2) is 0 Å². The monoisotopic (exact) mass is 240 g/mol. The summed E-state index contributed by atoms with van der Waals surface area (Å²) >= 11 is 0. The van der Waals surface area contributed by atoms with Crippen molar-refractivity contribution in [2.24, 2.45) is 11.7 Å². The minimum absolute atomic E-state index is 0.106. The summed E-state index contributed by atoms with van der Waals surface area (Å²) in [5.74, 6) is 0.729. The highest BCUT2D eigenvalue weighted by molar-refractivity contribution is 4.84. The standard InChI is InChI=1S/C14H28N2O/c1-11(15)12-5-8-16(9-6-12)10-13-4-7-14(2,3)17-13/h11-13H,4-10,15H2,1-3H3. The molecule has 0 amide bonds. The van der Waals surface area contributed by atoms with Crippen molar-refractivity contribution >= 4 is 0 Å². The SMILES string of the molecule is CC(N)C1CCN(CC2CCC(C)(C)O2)CC1. The Kier molecular flexibility index (Phi) is 4.11. The number of nitrogens with zero attached hydrogens (tertiary/aromatic N) is 1. The van der Waals surface area contributed by atoms with Crippen LogP contribution in [0.2, 0.25) is 0 Å². The molecule has 2 aliphatic heterocycles. The molecule has 0 bridgehead atoms. The quantitative estimate of drug-likeness (QED) is 0.820. The molecule has 17 heavy (non-hydrogen) atoms. The van der Waals surface area contributed by atoms with E-state index in [0.717, 1.165) is 12.5 Å². The average Bonchev–Trinajstić information content (AvgIpc) is 2.59. The van der Waals surface area contributed by atoms with E-state index in [-0.39, 0.29) is 5.60 Å². The Morgan fingerprint density at radius 3 is 2.41 bits per heavy atom. The number of likely N-dealkylation sites (tertiary alicyclic amines) is 1. The zero-order valence-corrected chi connectivity index (χ0v) is 11.6. The maximum Gasteiger partial charge on any atom is 0.0710 e. The summed E-state index contributed by atoms with van der Waals surface area (Å²) in [7, 11) is 0. The molecule has 2 fully saturated rings. The predicted octanol–water partition coefficient (Wildman–Crippen LogP) is 2.00. The second kappa shape index (κ2) is 5.25. The van der Waals surface area contributed by atoms with E-state index in [4.69, 9.17) is 10.5 Å². The Labute approximate surface area is 106 Å². The Balaban J connectivity index is 1.72. The van der Waals surface area contributed by atoms with Crippen LogP contribution in [-0.2, 0) is 4.74 Å². The van der Waals surface area contributed by atoms with Crippen LogP contribution in [0.5, 0.6) is 0 Å². The van der Waals surface area contributed by atoms with Crippen LogP contribution in [0.25, 0.3) is 0 Å². The molecule has 3 heteroatoms. The first-order valence-electron chi connectivity index (χ1n) is 7.12. The summed E-state index contributed by atoms with van der Waals surface area (Å²) < 4.78 is 6.06. The lowest BCUT2D eigenvalue weighted by Gasteiger charge is -2.35. The van der Waals surface area contributed by atoms with E-state index in [0.29, 0.717) is 12.1 Å². The maximum atomic E-state index is 6.06. The molecule has 0 spiro atoms. The van der Waals surface area contributed by atoms with Gasteiger partial charge in [-0.1, -0.05) is 0 Å². The van der Waals surface area contributed by atoms with E-state index in [2.05, 4.69) is 25.7 Å². The maximum absolute atomic E-state index is 6.06. The summed E-state index contributed by atoms with van der Waals surface area (Å²) in [4.78, 5) is 2.56. The van der Waals surface area contributed by atoms with E-state index in [1.54, 1.807) is 0 Å². The molecule has 2 atom stereocenters. The smallest absolute Gasteiger partial charge is 0.0710 e. The Morgan fingerprint density at radius 2 is 1.94 bits per heavy atom. The van der Waals surface area contributed by atoms with Gasteiger partial charge in [0.05, 0.1) is 11.7 Å². The number of ether oxygens (including phenoxy) is 1. The molecule has 2 heterocycles. The molecule has 0 aromatic carbocycles. The van der Waals surface area contributed by atoms with Crippen molar-refractivity contribution in [3.05, 3.63) is 0 Å². The molecule has 2 rings (SSSR count). The molecule has 0 aromatic heterocycles. The van der Waals surface area contributed by atoms with Crippen molar-refractivity contribution in [3.8, 4) is 0 Å². The van der Waals surface area contributed by atoms with Crippen LogP contribution >= 0.6 is 0 Å². The number of hydrogen-bond donors (Lipinski definition) is 1. The van der Waals surface area contributed by atoms with Crippen LogP contribution in [-0.4, -0.2) is 42.3 Å². The Hall–Kier alpha value is -0.120. The fourth-order valence-electron chi connectivity index (χ4n) is 3.16. The van der Waals surface area contributed by atoms with Crippen molar-refractivity contribution in [3.63, 3.8) is 0 Å². The number of piperidine rings is 1. The molecule has 2 aliphatic rings. The normalized spacial score (nSPS) is 32.8. The van der Waals surface area contributed by atoms with Gasteiger partial charge in [0.2, 0.25) is 0 Å². The topological polar surface area (TPSA) is 38.5 Å². The summed E-state index contributed by atoms with van der Waals surface area (Å²) in [6, 6.07) is 0.360. The molecule has 0 aliphatic carbocycles. The third-order valence-electron chi connectivity index (χ3n) is 4.39. The van der Waals surface area contributed by atoms with E-state index >= 15 is 0 Å². The highest BCUT2D eigenvalue weighted by atomic mass is 16.5. The van der Waals surface area contributed by atoms with Gasteiger partial charge in [0.1, 0.15) is 0 Å². The van der Waals surface area contributed by atoms with Gasteiger partial charge < -0.3 is 15.4 Å². The minimum Gasteiger partial charge on any atom is -0.371 e. The summed E-state index contributed by atoms with van der Waals surface area (Å²) in [6.45, 7) is 10.1. The average molecular weight is 240 g/mol. The van der Waals surface area contributed by atoms with E-state index in [1.165, 1.54) is 38.8 Å². The van der Waals surface area contributed by atoms with Crippen LogP contribution in [0.3, 0.4) is 0 Å². The van der Waals surface area contributed by atoms with Gasteiger partial charge >= 0.3 is 0 Å². The van der Waals surface area contributed by atoms with Gasteiger partial charge in [-0.25, -0.2) is 0 Å². The molecule has 2 unspecified atom stereocenters. The fourth-order valence-corrected chi connectivity index (χ4v) is 3.16. The summed E-state index contributed by atoms with van der Waals surface area (Å²) in [5.41, 5.74) is 6.07. The predicted molar refractivity (Wildman–Crippen MR) is 71.0 cm³/mol. The summed E-state index contributed by atoms with van der Waals surface area (Å²) in [6.07, 6.45) is 5.40. The minimum atomic E-state index is 0.106. The van der Waals surface area contributed by atoms with Gasteiger partial charge in [-0.15, -0.1) is 0 Å². The number of hydrogen-bond acceptors (Lipinski definition) is 3. The first-order chi connectivity index (χ1) is 7.96. The largest absolute Gasteiger partial charge is 0.371 e. The van der Waals surface area contributed by atoms with Crippen molar-refractivity contribution in [1.82, 2.24) is 4.90 Å². The van der Waals surface area contributed by atoms with E-state index < -0.39 is 0 Å². The zero-order chi connectivity index (χ0) is 12.5. The van der Waals surface area contributed by atoms with Crippen LogP contribution in [0.1, 0.15) is 46.5 Å². The molecule has 0 aromatic rings. The second-order valence-corrected chi connectivity index (χ2v) is 6.54. The van der Waals surface area contributed by atoms with Crippen molar-refractivity contribution < 1.29 is 4.74 Å². The van der Waals surface area contributed by atoms with Crippen LogP contribution < -0.4 is 5.73 Å². The molecule has 2 saturated heterocycles. The molecule has 3 nitrogen and oxygen atoms in total. The van der Waals surface area contributed by atoms with Crippen molar-refractivity contribution in [2.45, 2.75) is 64.2 Å². The van der Waals surface area contributed by atoms with Gasteiger partial charge in [0, 0.05) is 12.6 Å². The summed E-state index contributed by atoms with van der Waals surface area (Å²) in [5, 5.41) is 0. The molecule has 0 radical (unpaired) electrons. The Morgan fingerprint density at radius 1 is 1.29 bits per heavy atom. The van der Waals surface area contributed by atoms with E-state index in [1.807, 2.05) is 0 Å². The molecule has 2 N–H and O–H groups in total. The van der Waals surface area contributed by atoms with Gasteiger partial charge in [-0.3, -0.25) is 0 Å². The van der Waals surface area contributed by atoms with Crippen molar-refractivity contribution in [1.29, 1.82) is 0 Å². The first-order valence-corrected chi connectivity index (χ1v) is 7.12. The Bertz CT molecular complexity index is 245. The number of rotatable bonds is 3. The number of nitrogens with two attached hydrogens (primary N) is 1. The molecule has 0 saturated carbocycles. The van der Waals surface area contributed by atoms with Gasteiger partial charge in [0.25, 0.3) is 0 Å². The van der Waals surface area contributed by atoms with Gasteiger partial charge in [-0.05, 0) is 65.5 Å². The second-order valence-electron chi connectivity index (χ2n) is 6.54. The third kappa shape index (κ3) is 3.67. The van der Waals surface area contributed by atoms with Gasteiger partial charge in [-0.2, -0.15) is 0 Å². The lowest BCUT2D eigenvalue weighted by Crippen LogP contribution is -2.42. The molecular weight excluding hydrogens is 212 g/mol. The highest BCUT2D eigenvalue weighted by Crippen LogP contribution is 2.30. The lowest BCUT2D eigenvalue weighted by atomic mass is 9.91. The van der Waals surface area contributed by atoms with E-state index in [9.17, 15) is 0 Å². The first kappa shape index (κ1) is 13.3.